The van der Waals surface area contributed by atoms with E-state index in [1.54, 1.807) is 0 Å². The van der Waals surface area contributed by atoms with Crippen LogP contribution in [0.3, 0.4) is 0 Å². The average Bonchev–Trinajstić information content (AvgIpc) is 2.68. The van der Waals surface area contributed by atoms with Crippen molar-refractivity contribution in [3.05, 3.63) is 71.8 Å². The molecule has 0 bridgehead atoms. The smallest absolute Gasteiger partial charge is 0.192 e. The Labute approximate surface area is 143 Å². The van der Waals surface area contributed by atoms with Crippen molar-refractivity contribution in [1.29, 1.82) is 10.5 Å². The van der Waals surface area contributed by atoms with Crippen molar-refractivity contribution in [3.8, 4) is 12.1 Å². The van der Waals surface area contributed by atoms with Crippen LogP contribution in [-0.2, 0) is 11.1 Å². The molecule has 2 rings (SSSR count). The Morgan fingerprint density at radius 3 is 1.29 bits per heavy atom. The summed E-state index contributed by atoms with van der Waals surface area (Å²) < 4.78 is 0. The number of nitrogens with zero attached hydrogens (tertiary/aromatic N) is 4. The first-order chi connectivity index (χ1) is 11.7. The molecule has 2 unspecified atom stereocenters. The third kappa shape index (κ3) is 3.19. The number of hydrogen-bond donors (Lipinski definition) is 0. The molecule has 0 saturated carbocycles. The van der Waals surface area contributed by atoms with Gasteiger partial charge in [-0.25, -0.2) is 0 Å². The summed E-state index contributed by atoms with van der Waals surface area (Å²) in [6.45, 7) is 3.80. The molecule has 0 spiro atoms. The largest absolute Gasteiger partial charge is 0.195 e. The van der Waals surface area contributed by atoms with Gasteiger partial charge in [0.15, 0.2) is 11.1 Å². The maximum atomic E-state index is 9.76. The first-order valence-corrected chi connectivity index (χ1v) is 8.04. The topological polar surface area (TPSA) is 72.3 Å². The number of azo groups is 1. The monoisotopic (exact) mass is 316 g/mol. The summed E-state index contributed by atoms with van der Waals surface area (Å²) in [5.74, 6) is 0. The van der Waals surface area contributed by atoms with Gasteiger partial charge in [0, 0.05) is 0 Å². The summed E-state index contributed by atoms with van der Waals surface area (Å²) >= 11 is 0. The normalized spacial score (nSPS) is 15.8. The fraction of sp³-hybridized carbons (Fsp3) is 0.300. The lowest BCUT2D eigenvalue weighted by Gasteiger charge is -2.24. The predicted molar refractivity (Wildman–Crippen MR) is 92.9 cm³/mol. The first kappa shape index (κ1) is 17.4. The number of benzene rings is 2. The van der Waals surface area contributed by atoms with E-state index in [2.05, 4.69) is 22.4 Å². The molecule has 0 heterocycles. The lowest BCUT2D eigenvalue weighted by Crippen LogP contribution is -2.24. The standard InChI is InChI=1S/C20H20N4/c1-3-19(15-21,17-11-7-5-8-12-17)23-24-20(4-2,16-22)18-13-9-6-10-14-18/h5-14H,3-4H2,1-2H3. The van der Waals surface area contributed by atoms with Crippen molar-refractivity contribution in [2.75, 3.05) is 0 Å². The Kier molecular flexibility index (Phi) is 5.45. The molecule has 120 valence electrons. The number of nitriles is 2. The molecule has 0 fully saturated rings. The van der Waals surface area contributed by atoms with Crippen LogP contribution in [0.4, 0.5) is 0 Å². The van der Waals surface area contributed by atoms with Gasteiger partial charge >= 0.3 is 0 Å². The van der Waals surface area contributed by atoms with E-state index in [0.29, 0.717) is 12.8 Å². The van der Waals surface area contributed by atoms with Gasteiger partial charge in [0.25, 0.3) is 0 Å². The molecule has 0 aromatic heterocycles. The second kappa shape index (κ2) is 7.53. The third-order valence-corrected chi connectivity index (χ3v) is 4.29. The van der Waals surface area contributed by atoms with Gasteiger partial charge in [-0.15, -0.1) is 0 Å². The molecule has 0 amide bonds. The molecule has 0 aliphatic heterocycles. The molecular weight excluding hydrogens is 296 g/mol. The minimum Gasteiger partial charge on any atom is -0.195 e. The summed E-state index contributed by atoms with van der Waals surface area (Å²) in [4.78, 5) is 0. The van der Waals surface area contributed by atoms with E-state index in [9.17, 15) is 10.5 Å². The second-order valence-electron chi connectivity index (χ2n) is 5.58. The van der Waals surface area contributed by atoms with Gasteiger partial charge in [0.2, 0.25) is 0 Å². The van der Waals surface area contributed by atoms with E-state index < -0.39 is 11.1 Å². The Bertz CT molecular complexity index is 703. The molecule has 0 aliphatic rings. The van der Waals surface area contributed by atoms with Crippen LogP contribution in [0, 0.1) is 22.7 Å². The van der Waals surface area contributed by atoms with E-state index >= 15 is 0 Å². The number of rotatable bonds is 6. The molecule has 2 aromatic carbocycles. The highest BCUT2D eigenvalue weighted by molar-refractivity contribution is 5.33. The molecule has 2 aromatic rings. The summed E-state index contributed by atoms with van der Waals surface area (Å²) in [5.41, 5.74) is -0.579. The van der Waals surface area contributed by atoms with Crippen molar-refractivity contribution in [1.82, 2.24) is 0 Å². The fourth-order valence-electron chi connectivity index (χ4n) is 2.60. The fourth-order valence-corrected chi connectivity index (χ4v) is 2.60. The van der Waals surface area contributed by atoms with Crippen LogP contribution in [0.15, 0.2) is 70.9 Å². The van der Waals surface area contributed by atoms with Gasteiger partial charge in [0.1, 0.15) is 0 Å². The number of hydrogen-bond acceptors (Lipinski definition) is 4. The zero-order chi connectivity index (χ0) is 17.5. The van der Waals surface area contributed by atoms with E-state index in [4.69, 9.17) is 0 Å². The summed E-state index contributed by atoms with van der Waals surface area (Å²) in [5, 5.41) is 28.3. The Morgan fingerprint density at radius 2 is 1.04 bits per heavy atom. The Balaban J connectivity index is 2.52. The summed E-state index contributed by atoms with van der Waals surface area (Å²) in [6.07, 6.45) is 0.966. The van der Waals surface area contributed by atoms with Gasteiger partial charge in [0.05, 0.1) is 12.1 Å². The molecule has 24 heavy (non-hydrogen) atoms. The lowest BCUT2D eigenvalue weighted by molar-refractivity contribution is 0.449. The minimum atomic E-state index is -1.08. The van der Waals surface area contributed by atoms with Crippen molar-refractivity contribution in [3.63, 3.8) is 0 Å². The van der Waals surface area contributed by atoms with Crippen LogP contribution in [-0.4, -0.2) is 0 Å². The van der Waals surface area contributed by atoms with Crippen molar-refractivity contribution < 1.29 is 0 Å². The highest BCUT2D eigenvalue weighted by Crippen LogP contribution is 2.34. The van der Waals surface area contributed by atoms with Crippen LogP contribution in [0.1, 0.15) is 37.8 Å². The molecule has 2 atom stereocenters. The molecule has 0 saturated heterocycles. The SMILES string of the molecule is CCC(C#N)(N=NC(C#N)(CC)c1ccccc1)c1ccccc1. The molecule has 0 N–H and O–H groups in total. The average molecular weight is 316 g/mol. The second-order valence-corrected chi connectivity index (χ2v) is 5.58. The minimum absolute atomic E-state index is 0.483. The first-order valence-electron chi connectivity index (χ1n) is 8.04. The van der Waals surface area contributed by atoms with Crippen molar-refractivity contribution in [2.24, 2.45) is 10.2 Å². The zero-order valence-corrected chi connectivity index (χ0v) is 14.0. The summed E-state index contributed by atoms with van der Waals surface area (Å²) in [6, 6.07) is 23.3. The van der Waals surface area contributed by atoms with Crippen molar-refractivity contribution >= 4 is 0 Å². The van der Waals surface area contributed by atoms with Gasteiger partial charge < -0.3 is 0 Å². The van der Waals surface area contributed by atoms with Crippen molar-refractivity contribution in [2.45, 2.75) is 37.8 Å². The van der Waals surface area contributed by atoms with Gasteiger partial charge in [-0.05, 0) is 24.0 Å². The van der Waals surface area contributed by atoms with Gasteiger partial charge in [-0.1, -0.05) is 74.5 Å². The van der Waals surface area contributed by atoms with Crippen LogP contribution >= 0.6 is 0 Å². The van der Waals surface area contributed by atoms with E-state index in [1.807, 2.05) is 74.5 Å². The van der Waals surface area contributed by atoms with E-state index in [0.717, 1.165) is 11.1 Å². The maximum Gasteiger partial charge on any atom is 0.192 e. The highest BCUT2D eigenvalue weighted by Gasteiger charge is 2.35. The van der Waals surface area contributed by atoms with Gasteiger partial charge in [-0.2, -0.15) is 20.8 Å². The quantitative estimate of drug-likeness (QED) is 0.696. The molecule has 0 aliphatic carbocycles. The van der Waals surface area contributed by atoms with Crippen LogP contribution in [0.5, 0.6) is 0 Å². The van der Waals surface area contributed by atoms with Gasteiger partial charge in [-0.3, -0.25) is 0 Å². The van der Waals surface area contributed by atoms with Crippen LogP contribution < -0.4 is 0 Å². The predicted octanol–water partition coefficient (Wildman–Crippen LogP) is 5.10. The third-order valence-electron chi connectivity index (χ3n) is 4.29. The molecule has 4 nitrogen and oxygen atoms in total. The van der Waals surface area contributed by atoms with Crippen LogP contribution in [0.25, 0.3) is 0 Å². The molecule has 0 radical (unpaired) electrons. The highest BCUT2D eigenvalue weighted by atomic mass is 15.2. The maximum absolute atomic E-state index is 9.76. The molecular formula is C20H20N4. The zero-order valence-electron chi connectivity index (χ0n) is 14.0. The van der Waals surface area contributed by atoms with Crippen LogP contribution in [0.2, 0.25) is 0 Å². The Morgan fingerprint density at radius 1 is 0.708 bits per heavy atom. The summed E-state index contributed by atoms with van der Waals surface area (Å²) in [7, 11) is 0. The van der Waals surface area contributed by atoms with E-state index in [-0.39, 0.29) is 0 Å². The lowest BCUT2D eigenvalue weighted by atomic mass is 9.88. The van der Waals surface area contributed by atoms with E-state index in [1.165, 1.54) is 0 Å². The molecule has 4 heteroatoms. The Hall–Kier alpha value is -2.98.